The molecule has 0 bridgehead atoms. The molecule has 1 aromatic heterocycles. The first-order valence-electron chi connectivity index (χ1n) is 7.65. The Hall–Kier alpha value is -0.860. The Morgan fingerprint density at radius 3 is 2.62 bits per heavy atom. The molecular formula is C17H24ClIN4S. The Labute approximate surface area is 170 Å². The molecule has 7 heteroatoms. The van der Waals surface area contributed by atoms with E-state index in [1.54, 1.807) is 11.3 Å². The number of nitrogens with one attached hydrogen (secondary N) is 1. The molecule has 0 saturated carbocycles. The van der Waals surface area contributed by atoms with Crippen LogP contribution >= 0.6 is 46.9 Å². The molecule has 2 aromatic rings. The van der Waals surface area contributed by atoms with Gasteiger partial charge in [-0.2, -0.15) is 0 Å². The van der Waals surface area contributed by atoms with Crippen LogP contribution < -0.4 is 5.32 Å². The monoisotopic (exact) mass is 478 g/mol. The van der Waals surface area contributed by atoms with E-state index in [2.05, 4.69) is 37.7 Å². The van der Waals surface area contributed by atoms with Gasteiger partial charge in [-0.3, -0.25) is 4.99 Å². The highest BCUT2D eigenvalue weighted by molar-refractivity contribution is 14.0. The second-order valence-corrected chi connectivity index (χ2v) is 6.92. The van der Waals surface area contributed by atoms with Crippen LogP contribution in [-0.4, -0.2) is 36.5 Å². The number of nitrogens with zero attached hydrogens (tertiary/aromatic N) is 3. The van der Waals surface area contributed by atoms with E-state index in [-0.39, 0.29) is 24.0 Å². The van der Waals surface area contributed by atoms with Gasteiger partial charge < -0.3 is 10.2 Å². The Morgan fingerprint density at radius 1 is 1.33 bits per heavy atom. The molecule has 4 nitrogen and oxygen atoms in total. The molecule has 0 aliphatic rings. The maximum absolute atomic E-state index is 5.90. The van der Waals surface area contributed by atoms with E-state index in [0.717, 1.165) is 47.6 Å². The number of rotatable bonds is 6. The molecule has 0 amide bonds. The van der Waals surface area contributed by atoms with Crippen molar-refractivity contribution >= 4 is 52.9 Å². The van der Waals surface area contributed by atoms with Gasteiger partial charge in [0.2, 0.25) is 0 Å². The first-order chi connectivity index (χ1) is 11.1. The third-order valence-electron chi connectivity index (χ3n) is 3.48. The van der Waals surface area contributed by atoms with Crippen LogP contribution in [0.4, 0.5) is 0 Å². The van der Waals surface area contributed by atoms with Crippen molar-refractivity contribution in [1.29, 1.82) is 0 Å². The van der Waals surface area contributed by atoms with E-state index < -0.39 is 0 Å². The summed E-state index contributed by atoms with van der Waals surface area (Å²) >= 11 is 7.58. The number of guanidine groups is 1. The number of aromatic nitrogens is 1. The molecule has 0 unspecified atom stereocenters. The molecule has 1 heterocycles. The van der Waals surface area contributed by atoms with E-state index in [1.165, 1.54) is 5.56 Å². The van der Waals surface area contributed by atoms with Gasteiger partial charge in [-0.15, -0.1) is 35.3 Å². The van der Waals surface area contributed by atoms with E-state index in [0.29, 0.717) is 0 Å². The molecule has 132 valence electrons. The Bertz CT molecular complexity index is 642. The fourth-order valence-electron chi connectivity index (χ4n) is 2.33. The standard InChI is InChI=1S/C17H23ClN4S.HI/c1-13-21-16(12-23-13)11-22(3)17(19-2)20-10-4-5-14-6-8-15(18)9-7-14;/h6-9,12H,4-5,10-11H2,1-3H3,(H,19,20);1H. The fourth-order valence-corrected chi connectivity index (χ4v) is 3.06. The molecule has 0 aliphatic carbocycles. The minimum Gasteiger partial charge on any atom is -0.356 e. The lowest BCUT2D eigenvalue weighted by Crippen LogP contribution is -2.39. The topological polar surface area (TPSA) is 40.5 Å². The van der Waals surface area contributed by atoms with Gasteiger partial charge in [0, 0.05) is 31.0 Å². The van der Waals surface area contributed by atoms with Crippen LogP contribution in [0.15, 0.2) is 34.6 Å². The lowest BCUT2D eigenvalue weighted by Gasteiger charge is -2.21. The van der Waals surface area contributed by atoms with E-state index >= 15 is 0 Å². The van der Waals surface area contributed by atoms with Crippen LogP contribution in [0.1, 0.15) is 22.7 Å². The average molecular weight is 479 g/mol. The van der Waals surface area contributed by atoms with Crippen molar-refractivity contribution in [2.45, 2.75) is 26.3 Å². The first kappa shape index (κ1) is 21.2. The van der Waals surface area contributed by atoms with Gasteiger partial charge >= 0.3 is 0 Å². The van der Waals surface area contributed by atoms with E-state index in [4.69, 9.17) is 11.6 Å². The Balaban J connectivity index is 0.00000288. The second-order valence-electron chi connectivity index (χ2n) is 5.42. The summed E-state index contributed by atoms with van der Waals surface area (Å²) in [6, 6.07) is 8.03. The minimum atomic E-state index is 0. The van der Waals surface area contributed by atoms with Crippen LogP contribution in [0, 0.1) is 6.92 Å². The normalized spacial score (nSPS) is 11.1. The maximum Gasteiger partial charge on any atom is 0.193 e. The molecule has 2 rings (SSSR count). The van der Waals surface area contributed by atoms with Crippen molar-refractivity contribution < 1.29 is 0 Å². The number of benzene rings is 1. The Kier molecular flexibility index (Phi) is 9.61. The van der Waals surface area contributed by atoms with Crippen molar-refractivity contribution in [2.75, 3.05) is 20.6 Å². The summed E-state index contributed by atoms with van der Waals surface area (Å²) in [6.07, 6.45) is 2.07. The summed E-state index contributed by atoms with van der Waals surface area (Å²) < 4.78 is 0. The third-order valence-corrected chi connectivity index (χ3v) is 4.55. The van der Waals surface area contributed by atoms with Gasteiger partial charge in [0.05, 0.1) is 17.2 Å². The number of aliphatic imine (C=N–C) groups is 1. The molecule has 0 aliphatic heterocycles. The van der Waals surface area contributed by atoms with Crippen molar-refractivity contribution in [3.05, 3.63) is 50.9 Å². The van der Waals surface area contributed by atoms with Crippen molar-refractivity contribution in [1.82, 2.24) is 15.2 Å². The summed E-state index contributed by atoms with van der Waals surface area (Å²) in [5, 5.41) is 7.38. The second kappa shape index (κ2) is 10.9. The average Bonchev–Trinajstić information content (AvgIpc) is 2.94. The lowest BCUT2D eigenvalue weighted by molar-refractivity contribution is 0.470. The first-order valence-corrected chi connectivity index (χ1v) is 8.91. The zero-order valence-corrected chi connectivity index (χ0v) is 18.2. The number of hydrogen-bond donors (Lipinski definition) is 1. The predicted molar refractivity (Wildman–Crippen MR) is 115 cm³/mol. The van der Waals surface area contributed by atoms with Gasteiger partial charge in [0.1, 0.15) is 0 Å². The minimum absolute atomic E-state index is 0. The number of hydrogen-bond acceptors (Lipinski definition) is 3. The third kappa shape index (κ3) is 6.94. The molecule has 0 spiro atoms. The molecule has 0 radical (unpaired) electrons. The van der Waals surface area contributed by atoms with Crippen LogP contribution in [0.5, 0.6) is 0 Å². The predicted octanol–water partition coefficient (Wildman–Crippen LogP) is 4.36. The smallest absolute Gasteiger partial charge is 0.193 e. The summed E-state index contributed by atoms with van der Waals surface area (Å²) in [4.78, 5) is 10.9. The van der Waals surface area contributed by atoms with Crippen LogP contribution in [0.2, 0.25) is 5.02 Å². The highest BCUT2D eigenvalue weighted by Gasteiger charge is 2.08. The maximum atomic E-state index is 5.90. The lowest BCUT2D eigenvalue weighted by atomic mass is 10.1. The molecule has 1 aromatic carbocycles. The SMILES string of the molecule is CN=C(NCCCc1ccc(Cl)cc1)N(C)Cc1csc(C)n1.I. The summed E-state index contributed by atoms with van der Waals surface area (Å²) in [6.45, 7) is 3.68. The molecule has 0 saturated heterocycles. The molecular weight excluding hydrogens is 455 g/mol. The van der Waals surface area contributed by atoms with Crippen LogP contribution in [0.25, 0.3) is 0 Å². The summed E-state index contributed by atoms with van der Waals surface area (Å²) in [7, 11) is 3.84. The zero-order chi connectivity index (χ0) is 16.7. The molecule has 1 N–H and O–H groups in total. The quantitative estimate of drug-likeness (QED) is 0.290. The van der Waals surface area contributed by atoms with Crippen molar-refractivity contribution in [2.24, 2.45) is 4.99 Å². The fraction of sp³-hybridized carbons (Fsp3) is 0.412. The number of aryl methyl sites for hydroxylation is 2. The molecule has 0 atom stereocenters. The molecule has 24 heavy (non-hydrogen) atoms. The summed E-state index contributed by atoms with van der Waals surface area (Å²) in [5.74, 6) is 0.895. The van der Waals surface area contributed by atoms with Gasteiger partial charge in [0.25, 0.3) is 0 Å². The van der Waals surface area contributed by atoms with Gasteiger partial charge in [-0.05, 0) is 37.5 Å². The molecule has 0 fully saturated rings. The van der Waals surface area contributed by atoms with Gasteiger partial charge in [-0.1, -0.05) is 23.7 Å². The van der Waals surface area contributed by atoms with Gasteiger partial charge in [-0.25, -0.2) is 4.98 Å². The Morgan fingerprint density at radius 2 is 2.04 bits per heavy atom. The number of thiazole rings is 1. The van der Waals surface area contributed by atoms with Crippen LogP contribution in [0.3, 0.4) is 0 Å². The van der Waals surface area contributed by atoms with Gasteiger partial charge in [0.15, 0.2) is 5.96 Å². The van der Waals surface area contributed by atoms with E-state index in [9.17, 15) is 0 Å². The highest BCUT2D eigenvalue weighted by Crippen LogP contribution is 2.11. The highest BCUT2D eigenvalue weighted by atomic mass is 127. The largest absolute Gasteiger partial charge is 0.356 e. The summed E-state index contributed by atoms with van der Waals surface area (Å²) in [5.41, 5.74) is 2.39. The van der Waals surface area contributed by atoms with Crippen molar-refractivity contribution in [3.8, 4) is 0 Å². The van der Waals surface area contributed by atoms with Crippen molar-refractivity contribution in [3.63, 3.8) is 0 Å². The van der Waals surface area contributed by atoms with E-state index in [1.807, 2.05) is 33.2 Å². The van der Waals surface area contributed by atoms with Crippen LogP contribution in [-0.2, 0) is 13.0 Å². The zero-order valence-electron chi connectivity index (χ0n) is 14.3. The number of halogens is 2.